The van der Waals surface area contributed by atoms with Crippen LogP contribution in [0.4, 0.5) is 26.0 Å². The van der Waals surface area contributed by atoms with Crippen molar-refractivity contribution in [2.24, 2.45) is 5.92 Å². The molecule has 2 aliphatic heterocycles. The standard InChI is InChI=1S/C30H37F2N7O5S/c1-37(2)10-11-38(3)22-4-5-24(27(17-22)33-29(40)19-7-12-44-13-8-19)30(41)34-28-25-18-39(9-6-26(25)35-36-28)45(42,43)23-15-20(31)14-21(32)16-23/h4-5,14-17,19H,6-13,18H2,1-3H3,(H,33,40)(H2,34,35,36,41). The zero-order valence-electron chi connectivity index (χ0n) is 25.4. The highest BCUT2D eigenvalue weighted by Crippen LogP contribution is 2.31. The largest absolute Gasteiger partial charge is 0.381 e. The van der Waals surface area contributed by atoms with Crippen LogP contribution in [0.1, 0.15) is 34.5 Å². The third-order valence-electron chi connectivity index (χ3n) is 8.03. The van der Waals surface area contributed by atoms with E-state index in [1.165, 1.54) is 0 Å². The predicted octanol–water partition coefficient (Wildman–Crippen LogP) is 3.05. The molecule has 2 aliphatic rings. The van der Waals surface area contributed by atoms with Gasteiger partial charge in [-0.2, -0.15) is 9.40 Å². The zero-order valence-corrected chi connectivity index (χ0v) is 26.2. The van der Waals surface area contributed by atoms with E-state index in [0.29, 0.717) is 55.6 Å². The third kappa shape index (κ3) is 7.49. The quantitative estimate of drug-likeness (QED) is 0.306. The van der Waals surface area contributed by atoms with Crippen molar-refractivity contribution in [3.63, 3.8) is 0 Å². The predicted molar refractivity (Wildman–Crippen MR) is 165 cm³/mol. The molecule has 45 heavy (non-hydrogen) atoms. The number of carbonyl (C=O) groups excluding carboxylic acids is 2. The monoisotopic (exact) mass is 645 g/mol. The molecular formula is C30H37F2N7O5S. The van der Waals surface area contributed by atoms with Gasteiger partial charge < -0.3 is 25.2 Å². The number of benzene rings is 2. The minimum atomic E-state index is -4.24. The Labute approximate surface area is 260 Å². The molecule has 1 aromatic heterocycles. The van der Waals surface area contributed by atoms with E-state index in [4.69, 9.17) is 4.74 Å². The minimum Gasteiger partial charge on any atom is -0.381 e. The van der Waals surface area contributed by atoms with Crippen LogP contribution in [0.15, 0.2) is 41.3 Å². The Balaban J connectivity index is 1.39. The maximum absolute atomic E-state index is 13.8. The molecule has 0 bridgehead atoms. The van der Waals surface area contributed by atoms with Crippen LogP contribution in [-0.4, -0.2) is 93.6 Å². The van der Waals surface area contributed by atoms with Crippen LogP contribution in [0, 0.1) is 17.6 Å². The molecular weight excluding hydrogens is 608 g/mol. The van der Waals surface area contributed by atoms with Crippen molar-refractivity contribution >= 4 is 39.0 Å². The van der Waals surface area contributed by atoms with Gasteiger partial charge in [0.2, 0.25) is 15.9 Å². The molecule has 15 heteroatoms. The lowest BCUT2D eigenvalue weighted by molar-refractivity contribution is -0.122. The Morgan fingerprint density at radius 2 is 1.76 bits per heavy atom. The van der Waals surface area contributed by atoms with Crippen LogP contribution in [0.25, 0.3) is 0 Å². The second-order valence-corrected chi connectivity index (χ2v) is 13.4. The number of halogens is 2. The van der Waals surface area contributed by atoms with Gasteiger partial charge in [0.25, 0.3) is 5.91 Å². The number of aromatic nitrogens is 2. The van der Waals surface area contributed by atoms with Gasteiger partial charge in [-0.3, -0.25) is 14.7 Å². The van der Waals surface area contributed by atoms with E-state index in [-0.39, 0.29) is 42.7 Å². The summed E-state index contributed by atoms with van der Waals surface area (Å²) in [6, 6.07) is 7.32. The molecule has 242 valence electrons. The molecule has 0 spiro atoms. The van der Waals surface area contributed by atoms with E-state index < -0.39 is 32.5 Å². The summed E-state index contributed by atoms with van der Waals surface area (Å²) in [6.45, 7) is 2.37. The Hall–Kier alpha value is -3.92. The van der Waals surface area contributed by atoms with E-state index in [9.17, 15) is 26.8 Å². The van der Waals surface area contributed by atoms with Crippen LogP contribution >= 0.6 is 0 Å². The number of rotatable bonds is 10. The Morgan fingerprint density at radius 1 is 1.04 bits per heavy atom. The number of nitrogens with zero attached hydrogens (tertiary/aromatic N) is 4. The average Bonchev–Trinajstić information content (AvgIpc) is 3.41. The minimum absolute atomic E-state index is 0.0498. The summed E-state index contributed by atoms with van der Waals surface area (Å²) in [4.78, 5) is 30.4. The molecule has 1 fully saturated rings. The number of amides is 2. The normalized spacial score (nSPS) is 16.0. The van der Waals surface area contributed by atoms with Gasteiger partial charge >= 0.3 is 0 Å². The summed E-state index contributed by atoms with van der Waals surface area (Å²) >= 11 is 0. The molecule has 0 unspecified atom stereocenters. The summed E-state index contributed by atoms with van der Waals surface area (Å²) in [7, 11) is 1.64. The lowest BCUT2D eigenvalue weighted by Crippen LogP contribution is -2.36. The maximum Gasteiger partial charge on any atom is 0.258 e. The smallest absolute Gasteiger partial charge is 0.258 e. The van der Waals surface area contributed by atoms with E-state index >= 15 is 0 Å². The van der Waals surface area contributed by atoms with Crippen LogP contribution in [0.2, 0.25) is 0 Å². The molecule has 0 atom stereocenters. The lowest BCUT2D eigenvalue weighted by Gasteiger charge is -2.26. The van der Waals surface area contributed by atoms with Crippen molar-refractivity contribution in [1.82, 2.24) is 19.4 Å². The fraction of sp³-hybridized carbons (Fsp3) is 0.433. The first-order valence-corrected chi connectivity index (χ1v) is 16.1. The maximum atomic E-state index is 13.8. The van der Waals surface area contributed by atoms with Gasteiger partial charge in [-0.25, -0.2) is 17.2 Å². The second kappa shape index (κ2) is 13.6. The van der Waals surface area contributed by atoms with Crippen LogP contribution in [0.5, 0.6) is 0 Å². The molecule has 0 aliphatic carbocycles. The van der Waals surface area contributed by atoms with Gasteiger partial charge in [0.15, 0.2) is 5.82 Å². The topological polar surface area (TPSA) is 140 Å². The van der Waals surface area contributed by atoms with E-state index in [1.54, 1.807) is 18.2 Å². The van der Waals surface area contributed by atoms with Crippen LogP contribution in [-0.2, 0) is 32.5 Å². The first-order valence-electron chi connectivity index (χ1n) is 14.6. The molecule has 3 N–H and O–H groups in total. The molecule has 3 aromatic rings. The molecule has 3 heterocycles. The van der Waals surface area contributed by atoms with Crippen molar-refractivity contribution < 1.29 is 31.5 Å². The number of sulfonamides is 1. The number of H-pyrrole nitrogens is 1. The number of anilines is 3. The number of likely N-dealkylation sites (N-methyl/N-ethyl adjacent to an activating group) is 2. The summed E-state index contributed by atoms with van der Waals surface area (Å²) in [5, 5.41) is 12.8. The molecule has 2 amide bonds. The number of ether oxygens (including phenoxy) is 1. The first-order chi connectivity index (χ1) is 21.4. The van der Waals surface area contributed by atoms with Gasteiger partial charge in [-0.15, -0.1) is 0 Å². The van der Waals surface area contributed by atoms with Crippen molar-refractivity contribution in [3.8, 4) is 0 Å². The average molecular weight is 646 g/mol. The van der Waals surface area contributed by atoms with Crippen LogP contribution in [0.3, 0.4) is 0 Å². The Kier molecular flexibility index (Phi) is 9.82. The van der Waals surface area contributed by atoms with Crippen LogP contribution < -0.4 is 15.5 Å². The highest BCUT2D eigenvalue weighted by molar-refractivity contribution is 7.89. The van der Waals surface area contributed by atoms with Gasteiger partial charge in [0, 0.05) is 81.8 Å². The van der Waals surface area contributed by atoms with Crippen molar-refractivity contribution in [2.45, 2.75) is 30.7 Å². The summed E-state index contributed by atoms with van der Waals surface area (Å²) in [5.41, 5.74) is 2.41. The van der Waals surface area contributed by atoms with Gasteiger partial charge in [0.1, 0.15) is 11.6 Å². The number of aromatic amines is 1. The van der Waals surface area contributed by atoms with E-state index in [0.717, 1.165) is 28.7 Å². The highest BCUT2D eigenvalue weighted by atomic mass is 32.2. The van der Waals surface area contributed by atoms with Crippen molar-refractivity contribution in [1.29, 1.82) is 0 Å². The summed E-state index contributed by atoms with van der Waals surface area (Å²) in [6.07, 6.45) is 1.41. The Bertz CT molecular complexity index is 1650. The first kappa shape index (κ1) is 32.5. The van der Waals surface area contributed by atoms with E-state index in [1.807, 2.05) is 26.0 Å². The molecule has 2 aromatic carbocycles. The third-order valence-corrected chi connectivity index (χ3v) is 9.85. The number of nitrogens with one attached hydrogen (secondary N) is 3. The number of carbonyl (C=O) groups is 2. The molecule has 12 nitrogen and oxygen atoms in total. The van der Waals surface area contributed by atoms with Gasteiger partial charge in [-0.05, 0) is 57.3 Å². The molecule has 1 saturated heterocycles. The number of hydrogen-bond donors (Lipinski definition) is 3. The lowest BCUT2D eigenvalue weighted by atomic mass is 9.99. The van der Waals surface area contributed by atoms with Crippen molar-refractivity contribution in [3.05, 3.63) is 64.9 Å². The van der Waals surface area contributed by atoms with Gasteiger partial charge in [-0.1, -0.05) is 0 Å². The zero-order chi connectivity index (χ0) is 32.3. The summed E-state index contributed by atoms with van der Waals surface area (Å²) < 4.78 is 60.6. The molecule has 0 radical (unpaired) electrons. The SMILES string of the molecule is CN(C)CCN(C)c1ccc(C(=O)Nc2n[nH]c3c2CN(S(=O)(=O)c2cc(F)cc(F)c2)CC3)c(NC(=O)C2CCOCC2)c1. The number of fused-ring (bicyclic) bond motifs is 1. The number of hydrogen-bond acceptors (Lipinski definition) is 8. The Morgan fingerprint density at radius 3 is 2.44 bits per heavy atom. The molecule has 5 rings (SSSR count). The second-order valence-electron chi connectivity index (χ2n) is 11.5. The summed E-state index contributed by atoms with van der Waals surface area (Å²) in [5.74, 6) is -2.89. The van der Waals surface area contributed by atoms with E-state index in [2.05, 4.69) is 25.7 Å². The van der Waals surface area contributed by atoms with Crippen molar-refractivity contribution in [2.75, 3.05) is 69.5 Å². The fourth-order valence-electron chi connectivity index (χ4n) is 5.32. The van der Waals surface area contributed by atoms with Gasteiger partial charge in [0.05, 0.1) is 16.1 Å². The molecule has 0 saturated carbocycles. The highest BCUT2D eigenvalue weighted by Gasteiger charge is 2.32. The fourth-order valence-corrected chi connectivity index (χ4v) is 6.78.